The van der Waals surface area contributed by atoms with Gasteiger partial charge in [-0.2, -0.15) is 0 Å². The van der Waals surface area contributed by atoms with Gasteiger partial charge in [0.15, 0.2) is 0 Å². The second kappa shape index (κ2) is 6.51. The third kappa shape index (κ3) is 2.90. The first-order valence-corrected chi connectivity index (χ1v) is 7.63. The summed E-state index contributed by atoms with van der Waals surface area (Å²) in [6.45, 7) is 4.43. The predicted molar refractivity (Wildman–Crippen MR) is 86.2 cm³/mol. The van der Waals surface area contributed by atoms with E-state index in [1.807, 2.05) is 12.1 Å². The van der Waals surface area contributed by atoms with Crippen molar-refractivity contribution < 1.29 is 9.21 Å². The molecule has 0 radical (unpaired) electrons. The van der Waals surface area contributed by atoms with Crippen LogP contribution in [0.1, 0.15) is 30.1 Å². The van der Waals surface area contributed by atoms with Crippen LogP contribution >= 0.6 is 0 Å². The van der Waals surface area contributed by atoms with Crippen LogP contribution in [0.5, 0.6) is 0 Å². The van der Waals surface area contributed by atoms with Crippen LogP contribution in [0.25, 0.3) is 11.5 Å². The van der Waals surface area contributed by atoms with Crippen molar-refractivity contribution in [2.45, 2.75) is 19.8 Å². The van der Waals surface area contributed by atoms with Crippen LogP contribution in [-0.2, 0) is 0 Å². The van der Waals surface area contributed by atoms with Crippen molar-refractivity contribution in [3.63, 3.8) is 0 Å². The fourth-order valence-electron chi connectivity index (χ4n) is 2.49. The van der Waals surface area contributed by atoms with E-state index in [1.165, 1.54) is 6.26 Å². The van der Waals surface area contributed by atoms with Gasteiger partial charge >= 0.3 is 0 Å². The second-order valence-electron chi connectivity index (χ2n) is 5.25. The number of amides is 1. The number of oxazole rings is 1. The molecule has 1 aliphatic heterocycles. The number of rotatable bonds is 5. The Kier molecular flexibility index (Phi) is 4.27. The Morgan fingerprint density at radius 3 is 3.00 bits per heavy atom. The van der Waals surface area contributed by atoms with E-state index in [4.69, 9.17) is 4.42 Å². The Balaban J connectivity index is 1.95. The highest BCUT2D eigenvalue weighted by molar-refractivity contribution is 6.00. The Morgan fingerprint density at radius 1 is 1.36 bits per heavy atom. The molecule has 0 fully saturated rings. The first-order chi connectivity index (χ1) is 10.8. The van der Waals surface area contributed by atoms with E-state index in [1.54, 1.807) is 6.20 Å². The maximum atomic E-state index is 12.3. The molecule has 3 rings (SSSR count). The SMILES string of the molecule is CCCCNC(=O)c1cc2c(c(-c3ncco3)c1)NCCN2. The molecule has 1 aromatic heterocycles. The van der Waals surface area contributed by atoms with Gasteiger partial charge in [0, 0.05) is 25.2 Å². The van der Waals surface area contributed by atoms with E-state index >= 15 is 0 Å². The van der Waals surface area contributed by atoms with Gasteiger partial charge in [-0.25, -0.2) is 4.98 Å². The molecule has 0 spiro atoms. The fraction of sp³-hybridized carbons (Fsp3) is 0.375. The second-order valence-corrected chi connectivity index (χ2v) is 5.25. The molecule has 0 unspecified atom stereocenters. The number of anilines is 2. The van der Waals surface area contributed by atoms with E-state index in [0.29, 0.717) is 18.0 Å². The Bertz CT molecular complexity index is 652. The van der Waals surface area contributed by atoms with Gasteiger partial charge in [-0.05, 0) is 18.6 Å². The number of carbonyl (C=O) groups is 1. The van der Waals surface area contributed by atoms with Crippen LogP contribution < -0.4 is 16.0 Å². The number of nitrogens with zero attached hydrogens (tertiary/aromatic N) is 1. The largest absolute Gasteiger partial charge is 0.444 e. The third-order valence-electron chi connectivity index (χ3n) is 3.62. The topological polar surface area (TPSA) is 79.2 Å². The molecule has 2 aromatic rings. The molecule has 116 valence electrons. The maximum absolute atomic E-state index is 12.3. The molecule has 6 nitrogen and oxygen atoms in total. The molecule has 22 heavy (non-hydrogen) atoms. The molecular formula is C16H20N4O2. The summed E-state index contributed by atoms with van der Waals surface area (Å²) in [5.41, 5.74) is 3.25. The van der Waals surface area contributed by atoms with E-state index in [9.17, 15) is 4.79 Å². The number of fused-ring (bicyclic) bond motifs is 1. The third-order valence-corrected chi connectivity index (χ3v) is 3.62. The van der Waals surface area contributed by atoms with Crippen molar-refractivity contribution in [3.8, 4) is 11.5 Å². The van der Waals surface area contributed by atoms with Crippen molar-refractivity contribution in [1.82, 2.24) is 10.3 Å². The highest BCUT2D eigenvalue weighted by atomic mass is 16.3. The lowest BCUT2D eigenvalue weighted by molar-refractivity contribution is 0.0953. The van der Waals surface area contributed by atoms with Gasteiger partial charge in [0.2, 0.25) is 5.89 Å². The van der Waals surface area contributed by atoms with Crippen molar-refractivity contribution in [1.29, 1.82) is 0 Å². The zero-order valence-electron chi connectivity index (χ0n) is 12.6. The van der Waals surface area contributed by atoms with Gasteiger partial charge in [-0.3, -0.25) is 4.79 Å². The molecule has 0 aliphatic carbocycles. The van der Waals surface area contributed by atoms with Crippen LogP contribution in [0.3, 0.4) is 0 Å². The molecule has 0 atom stereocenters. The van der Waals surface area contributed by atoms with Crippen molar-refractivity contribution >= 4 is 17.3 Å². The van der Waals surface area contributed by atoms with E-state index in [0.717, 1.165) is 42.9 Å². The van der Waals surface area contributed by atoms with Gasteiger partial charge in [-0.15, -0.1) is 0 Å². The Hall–Kier alpha value is -2.50. The van der Waals surface area contributed by atoms with Gasteiger partial charge in [0.1, 0.15) is 6.26 Å². The van der Waals surface area contributed by atoms with E-state index in [-0.39, 0.29) is 5.91 Å². The lowest BCUT2D eigenvalue weighted by atomic mass is 10.0. The standard InChI is InChI=1S/C16H20N4O2/c1-2-3-4-19-15(21)11-9-12(16-20-7-8-22-16)14-13(10-11)17-5-6-18-14/h7-10,17-18H,2-6H2,1H3,(H,19,21). The molecular weight excluding hydrogens is 280 g/mol. The Morgan fingerprint density at radius 2 is 2.23 bits per heavy atom. The molecule has 0 bridgehead atoms. The zero-order chi connectivity index (χ0) is 15.4. The minimum atomic E-state index is -0.0728. The highest BCUT2D eigenvalue weighted by Gasteiger charge is 2.20. The van der Waals surface area contributed by atoms with Crippen molar-refractivity contribution in [2.75, 3.05) is 30.3 Å². The maximum Gasteiger partial charge on any atom is 0.251 e. The summed E-state index contributed by atoms with van der Waals surface area (Å²) >= 11 is 0. The van der Waals surface area contributed by atoms with Crippen molar-refractivity contribution in [2.24, 2.45) is 0 Å². The molecule has 0 saturated heterocycles. The summed E-state index contributed by atoms with van der Waals surface area (Å²) in [6, 6.07) is 3.70. The number of aromatic nitrogens is 1. The fourth-order valence-corrected chi connectivity index (χ4v) is 2.49. The quantitative estimate of drug-likeness (QED) is 0.740. The highest BCUT2D eigenvalue weighted by Crippen LogP contribution is 2.36. The molecule has 6 heteroatoms. The van der Waals surface area contributed by atoms with Crippen molar-refractivity contribution in [3.05, 3.63) is 30.2 Å². The lowest BCUT2D eigenvalue weighted by Crippen LogP contribution is -2.26. The zero-order valence-corrected chi connectivity index (χ0v) is 12.6. The van der Waals surface area contributed by atoms with Gasteiger partial charge < -0.3 is 20.4 Å². The number of benzene rings is 1. The van der Waals surface area contributed by atoms with Crippen LogP contribution in [0.2, 0.25) is 0 Å². The number of hydrogen-bond acceptors (Lipinski definition) is 5. The first-order valence-electron chi connectivity index (χ1n) is 7.63. The molecule has 2 heterocycles. The minimum Gasteiger partial charge on any atom is -0.444 e. The molecule has 1 aromatic carbocycles. The summed E-state index contributed by atoms with van der Waals surface area (Å²) in [4.78, 5) is 16.5. The lowest BCUT2D eigenvalue weighted by Gasteiger charge is -2.23. The van der Waals surface area contributed by atoms with Crippen LogP contribution in [0.15, 0.2) is 29.0 Å². The molecule has 1 aliphatic rings. The Labute approximate surface area is 129 Å². The average molecular weight is 300 g/mol. The molecule has 3 N–H and O–H groups in total. The molecule has 0 saturated carbocycles. The van der Waals surface area contributed by atoms with E-state index < -0.39 is 0 Å². The number of carbonyl (C=O) groups excluding carboxylic acids is 1. The van der Waals surface area contributed by atoms with Gasteiger partial charge in [0.25, 0.3) is 5.91 Å². The smallest absolute Gasteiger partial charge is 0.251 e. The number of hydrogen-bond donors (Lipinski definition) is 3. The summed E-state index contributed by atoms with van der Waals surface area (Å²) in [5, 5.41) is 9.60. The molecule has 1 amide bonds. The number of nitrogens with one attached hydrogen (secondary N) is 3. The minimum absolute atomic E-state index is 0.0728. The van der Waals surface area contributed by atoms with Crippen LogP contribution in [-0.4, -0.2) is 30.5 Å². The predicted octanol–water partition coefficient (Wildman–Crippen LogP) is 2.71. The monoisotopic (exact) mass is 300 g/mol. The summed E-state index contributed by atoms with van der Waals surface area (Å²) in [5.74, 6) is 0.437. The summed E-state index contributed by atoms with van der Waals surface area (Å²) in [7, 11) is 0. The van der Waals surface area contributed by atoms with Gasteiger partial charge in [0.05, 0.1) is 23.1 Å². The average Bonchev–Trinajstić information content (AvgIpc) is 3.08. The van der Waals surface area contributed by atoms with Crippen LogP contribution in [0.4, 0.5) is 11.4 Å². The normalized spacial score (nSPS) is 13.0. The number of unbranched alkanes of at least 4 members (excludes halogenated alkanes) is 1. The summed E-state index contributed by atoms with van der Waals surface area (Å²) in [6.07, 6.45) is 5.17. The van der Waals surface area contributed by atoms with Gasteiger partial charge in [-0.1, -0.05) is 13.3 Å². The first kappa shape index (κ1) is 14.4. The summed E-state index contributed by atoms with van der Waals surface area (Å²) < 4.78 is 5.41. The van der Waals surface area contributed by atoms with E-state index in [2.05, 4.69) is 27.9 Å². The van der Waals surface area contributed by atoms with Crippen LogP contribution in [0, 0.1) is 0 Å².